The number of nitrogens with one attached hydrogen (secondary N) is 1. The van der Waals surface area contributed by atoms with E-state index in [0.717, 1.165) is 22.9 Å². The van der Waals surface area contributed by atoms with E-state index in [2.05, 4.69) is 10.3 Å². The topological polar surface area (TPSA) is 86.3 Å². The summed E-state index contributed by atoms with van der Waals surface area (Å²) in [5.74, 6) is -1.90. The number of halogens is 7. The normalized spacial score (nSPS) is 13.4. The van der Waals surface area contributed by atoms with Gasteiger partial charge in [-0.25, -0.2) is 4.39 Å². The Morgan fingerprint density at radius 2 is 1.67 bits per heavy atom. The van der Waals surface area contributed by atoms with Crippen molar-refractivity contribution in [3.63, 3.8) is 0 Å². The Balaban J connectivity index is 2.13. The third kappa shape index (κ3) is 5.10. The molecule has 36 heavy (non-hydrogen) atoms. The third-order valence-electron chi connectivity index (χ3n) is 5.45. The van der Waals surface area contributed by atoms with Gasteiger partial charge in [0.2, 0.25) is 11.9 Å². The lowest BCUT2D eigenvalue weighted by molar-refractivity contribution is -0.909. The number of rotatable bonds is 5. The monoisotopic (exact) mass is 518 g/mol. The predicted molar refractivity (Wildman–Crippen MR) is 110 cm³/mol. The predicted octanol–water partition coefficient (Wildman–Crippen LogP) is 4.52. The van der Waals surface area contributed by atoms with Gasteiger partial charge in [0, 0.05) is 40.0 Å². The standard InChI is InChI=1S/C23H18F7N3O3/c1-12-3-4-14(11-33(12)36)13(2)32-20(34)16-7-15(19-6-5-18(24)10-31-19)8-17(9-16)21(35,22(25,26)27)23(28,29)30/h3-11,13,35H,1-2H3,(H-,32,34,36)/p+1/t13-/m1/s1. The lowest BCUT2D eigenvalue weighted by Crippen LogP contribution is -2.54. The molecule has 2 aromatic heterocycles. The molecule has 0 aliphatic carbocycles. The van der Waals surface area contributed by atoms with E-state index in [1.807, 2.05) is 0 Å². The van der Waals surface area contributed by atoms with Crippen molar-refractivity contribution in [3.8, 4) is 11.3 Å². The second-order valence-electron chi connectivity index (χ2n) is 8.01. The van der Waals surface area contributed by atoms with Crippen molar-refractivity contribution < 1.29 is 50.6 Å². The van der Waals surface area contributed by atoms with Crippen LogP contribution in [0.15, 0.2) is 54.9 Å². The molecule has 3 aromatic rings. The van der Waals surface area contributed by atoms with Crippen LogP contribution in [-0.2, 0) is 5.60 Å². The summed E-state index contributed by atoms with van der Waals surface area (Å²) in [5.41, 5.74) is -7.46. The van der Waals surface area contributed by atoms with Gasteiger partial charge in [0.1, 0.15) is 5.82 Å². The van der Waals surface area contributed by atoms with Gasteiger partial charge < -0.3 is 10.4 Å². The number of nitrogens with zero attached hydrogens (tertiary/aromatic N) is 2. The number of aryl methyl sites for hydroxylation is 1. The molecule has 0 fully saturated rings. The number of benzene rings is 1. The third-order valence-corrected chi connectivity index (χ3v) is 5.45. The van der Waals surface area contributed by atoms with Crippen molar-refractivity contribution >= 4 is 5.91 Å². The second kappa shape index (κ2) is 9.37. The number of amides is 1. The molecule has 0 aliphatic rings. The number of carbonyl (C=O) groups is 1. The van der Waals surface area contributed by atoms with Crippen LogP contribution < -0.4 is 10.0 Å². The van der Waals surface area contributed by atoms with Crippen LogP contribution >= 0.6 is 0 Å². The largest absolute Gasteiger partial charge is 0.430 e. The maximum Gasteiger partial charge on any atom is 0.430 e. The highest BCUT2D eigenvalue weighted by molar-refractivity contribution is 5.96. The van der Waals surface area contributed by atoms with Crippen molar-refractivity contribution in [2.75, 3.05) is 0 Å². The van der Waals surface area contributed by atoms with E-state index >= 15 is 0 Å². The van der Waals surface area contributed by atoms with Crippen molar-refractivity contribution in [1.29, 1.82) is 0 Å². The first-order valence-electron chi connectivity index (χ1n) is 10.2. The van der Waals surface area contributed by atoms with Gasteiger partial charge >= 0.3 is 12.4 Å². The number of aliphatic hydroxyl groups is 1. The Kier molecular flexibility index (Phi) is 6.99. The summed E-state index contributed by atoms with van der Waals surface area (Å²) >= 11 is 0. The van der Waals surface area contributed by atoms with Crippen LogP contribution in [0.3, 0.4) is 0 Å². The molecular weight excluding hydrogens is 499 g/mol. The molecular formula is C23H19F7N3O3+. The van der Waals surface area contributed by atoms with Crippen LogP contribution in [0.4, 0.5) is 30.7 Å². The van der Waals surface area contributed by atoms with E-state index < -0.39 is 52.4 Å². The lowest BCUT2D eigenvalue weighted by atomic mass is 9.88. The maximum atomic E-state index is 13.5. The van der Waals surface area contributed by atoms with E-state index in [1.165, 1.54) is 19.2 Å². The fourth-order valence-electron chi connectivity index (χ4n) is 3.35. The van der Waals surface area contributed by atoms with Gasteiger partial charge in [-0.15, -0.1) is 0 Å². The van der Waals surface area contributed by atoms with Gasteiger partial charge in [-0.3, -0.25) is 15.0 Å². The highest BCUT2D eigenvalue weighted by atomic mass is 19.4. The number of alkyl halides is 6. The summed E-state index contributed by atoms with van der Waals surface area (Å²) in [5, 5.41) is 22.1. The van der Waals surface area contributed by atoms with Crippen LogP contribution in [0.2, 0.25) is 0 Å². The molecule has 1 atom stereocenters. The fraction of sp³-hybridized carbons (Fsp3) is 0.261. The van der Waals surface area contributed by atoms with Gasteiger partial charge in [0.25, 0.3) is 11.5 Å². The molecule has 192 valence electrons. The molecule has 0 unspecified atom stereocenters. The van der Waals surface area contributed by atoms with Crippen molar-refractivity contribution in [2.45, 2.75) is 37.8 Å². The fourth-order valence-corrected chi connectivity index (χ4v) is 3.35. The van der Waals surface area contributed by atoms with E-state index in [4.69, 9.17) is 0 Å². The van der Waals surface area contributed by atoms with Crippen LogP contribution in [-0.4, -0.2) is 33.6 Å². The van der Waals surface area contributed by atoms with Crippen molar-refractivity contribution in [1.82, 2.24) is 10.3 Å². The highest BCUT2D eigenvalue weighted by Crippen LogP contribution is 2.50. The molecule has 3 N–H and O–H groups in total. The molecule has 13 heteroatoms. The first kappa shape index (κ1) is 26.9. The average molecular weight is 518 g/mol. The molecule has 0 aliphatic heterocycles. The van der Waals surface area contributed by atoms with E-state index in [9.17, 15) is 45.8 Å². The summed E-state index contributed by atoms with van der Waals surface area (Å²) in [6.07, 6.45) is -10.4. The Morgan fingerprint density at radius 3 is 2.19 bits per heavy atom. The summed E-state index contributed by atoms with van der Waals surface area (Å²) in [6, 6.07) is 5.71. The quantitative estimate of drug-likeness (QED) is 0.263. The SMILES string of the molecule is Cc1ccc([C@@H](C)NC(=O)c2cc(-c3ccc(F)cn3)cc(C(O)(C(F)(F)F)C(F)(F)F)c2)c[n+]1O. The molecule has 3 rings (SSSR count). The highest BCUT2D eigenvalue weighted by Gasteiger charge is 2.71. The molecule has 0 saturated heterocycles. The van der Waals surface area contributed by atoms with Gasteiger partial charge in [0.15, 0.2) is 0 Å². The minimum atomic E-state index is -6.20. The van der Waals surface area contributed by atoms with Crippen LogP contribution in [0.25, 0.3) is 11.3 Å². The number of hydrogen-bond acceptors (Lipinski definition) is 4. The Labute approximate surface area is 199 Å². The number of carbonyl (C=O) groups excluding carboxylic acids is 1. The molecule has 6 nitrogen and oxygen atoms in total. The second-order valence-corrected chi connectivity index (χ2v) is 8.01. The summed E-state index contributed by atoms with van der Waals surface area (Å²) in [6.45, 7) is 3.06. The van der Waals surface area contributed by atoms with Gasteiger partial charge in [-0.2, -0.15) is 26.3 Å². The molecule has 1 aromatic carbocycles. The van der Waals surface area contributed by atoms with Crippen LogP contribution in [0, 0.1) is 12.7 Å². The Hall–Kier alpha value is -3.74. The Bertz CT molecular complexity index is 1260. The molecule has 0 bridgehead atoms. The summed E-state index contributed by atoms with van der Waals surface area (Å²) in [7, 11) is 0. The summed E-state index contributed by atoms with van der Waals surface area (Å²) < 4.78 is 95.3. The number of pyridine rings is 2. The van der Waals surface area contributed by atoms with Gasteiger partial charge in [-0.05, 0) is 43.3 Å². The minimum absolute atomic E-state index is 0.244. The number of aromatic nitrogens is 2. The van der Waals surface area contributed by atoms with Gasteiger partial charge in [0.05, 0.1) is 17.9 Å². The first-order chi connectivity index (χ1) is 16.5. The molecule has 2 heterocycles. The van der Waals surface area contributed by atoms with Crippen molar-refractivity contribution in [3.05, 3.63) is 83.1 Å². The molecule has 0 spiro atoms. The van der Waals surface area contributed by atoms with Gasteiger partial charge in [-0.1, -0.05) is 0 Å². The Morgan fingerprint density at radius 1 is 1.03 bits per heavy atom. The minimum Gasteiger partial charge on any atom is -0.369 e. The zero-order valence-electron chi connectivity index (χ0n) is 18.6. The van der Waals surface area contributed by atoms with E-state index in [1.54, 1.807) is 13.0 Å². The summed E-state index contributed by atoms with van der Waals surface area (Å²) in [4.78, 5) is 16.5. The lowest BCUT2D eigenvalue weighted by Gasteiger charge is -2.33. The molecule has 0 radical (unpaired) electrons. The zero-order valence-corrected chi connectivity index (χ0v) is 18.6. The smallest absolute Gasteiger partial charge is 0.369 e. The van der Waals surface area contributed by atoms with Crippen LogP contribution in [0.5, 0.6) is 0 Å². The maximum absolute atomic E-state index is 13.5. The van der Waals surface area contributed by atoms with Crippen molar-refractivity contribution in [2.24, 2.45) is 0 Å². The zero-order chi connectivity index (χ0) is 27.1. The van der Waals surface area contributed by atoms with Crippen LogP contribution in [0.1, 0.15) is 40.1 Å². The van der Waals surface area contributed by atoms with E-state index in [0.29, 0.717) is 23.5 Å². The molecule has 0 saturated carbocycles. The first-order valence-corrected chi connectivity index (χ1v) is 10.2. The van der Waals surface area contributed by atoms with E-state index in [-0.39, 0.29) is 11.8 Å². The molecule has 1 amide bonds. The average Bonchev–Trinajstić information content (AvgIpc) is 2.78. The number of hydrogen-bond donors (Lipinski definition) is 3.